The number of hydrogen-bond donors (Lipinski definition) is 1. The first-order chi connectivity index (χ1) is 6.72. The van der Waals surface area contributed by atoms with Crippen LogP contribution >= 0.6 is 0 Å². The van der Waals surface area contributed by atoms with E-state index in [1.807, 2.05) is 6.92 Å². The third-order valence-electron chi connectivity index (χ3n) is 2.16. The van der Waals surface area contributed by atoms with Crippen molar-refractivity contribution in [2.45, 2.75) is 33.2 Å². The fraction of sp³-hybridized carbons (Fsp3) is 0.385. The molecule has 0 bridgehead atoms. The van der Waals surface area contributed by atoms with E-state index in [1.165, 1.54) is 24.0 Å². The van der Waals surface area contributed by atoms with E-state index in [1.54, 1.807) is 0 Å². The van der Waals surface area contributed by atoms with Gasteiger partial charge in [0.05, 0.1) is 0 Å². The Bertz CT molecular complexity index is 285. The van der Waals surface area contributed by atoms with Crippen molar-refractivity contribution in [2.75, 3.05) is 0 Å². The molecule has 0 aliphatic heterocycles. The van der Waals surface area contributed by atoms with Crippen LogP contribution in [0.5, 0.6) is 0 Å². The normalized spacial score (nSPS) is 9.86. The smallest absolute Gasteiger partial charge is 0.0397 e. The highest BCUT2D eigenvalue weighted by Crippen LogP contribution is 2.06. The molecule has 0 spiro atoms. The average Bonchev–Trinajstić information content (AvgIpc) is 2.17. The number of hydrogen-bond acceptors (Lipinski definition) is 1. The molecule has 1 heteroatoms. The second-order valence-electron chi connectivity index (χ2n) is 3.70. The zero-order chi connectivity index (χ0) is 10.4. The first-order valence-electron chi connectivity index (χ1n) is 5.19. The molecule has 1 aromatic carbocycles. The fourth-order valence-corrected chi connectivity index (χ4v) is 1.37. The molecule has 0 aromatic heterocycles. The van der Waals surface area contributed by atoms with Crippen molar-refractivity contribution in [1.82, 2.24) is 5.32 Å². The minimum atomic E-state index is 0.877. The highest BCUT2D eigenvalue weighted by Gasteiger charge is 1.93. The van der Waals surface area contributed by atoms with Crippen molar-refractivity contribution in [3.8, 4) is 0 Å². The van der Waals surface area contributed by atoms with Crippen LogP contribution in [0.15, 0.2) is 36.5 Å². The van der Waals surface area contributed by atoms with Crippen LogP contribution in [-0.2, 0) is 13.0 Å². The van der Waals surface area contributed by atoms with Gasteiger partial charge in [0.2, 0.25) is 0 Å². The lowest BCUT2D eigenvalue weighted by Crippen LogP contribution is -2.09. The van der Waals surface area contributed by atoms with Gasteiger partial charge in [-0.05, 0) is 24.5 Å². The Morgan fingerprint density at radius 2 is 1.79 bits per heavy atom. The summed E-state index contributed by atoms with van der Waals surface area (Å²) in [5.41, 5.74) is 3.75. The van der Waals surface area contributed by atoms with Gasteiger partial charge in [-0.1, -0.05) is 44.2 Å². The van der Waals surface area contributed by atoms with Gasteiger partial charge in [-0.3, -0.25) is 0 Å². The Morgan fingerprint density at radius 1 is 1.21 bits per heavy atom. The average molecular weight is 189 g/mol. The molecule has 0 atom stereocenters. The molecule has 0 saturated heterocycles. The standard InChI is InChI=1S/C13H19N/c1-4-5-12-6-8-13(9-7-12)10-14-11(2)3/h6-9,14H,2,4-5,10H2,1,3H3. The molecule has 0 radical (unpaired) electrons. The minimum Gasteiger partial charge on any atom is -0.385 e. The number of rotatable bonds is 5. The van der Waals surface area contributed by atoms with Gasteiger partial charge in [0, 0.05) is 12.2 Å². The Kier molecular flexibility index (Phi) is 4.24. The molecule has 0 unspecified atom stereocenters. The van der Waals surface area contributed by atoms with Crippen molar-refractivity contribution < 1.29 is 0 Å². The van der Waals surface area contributed by atoms with E-state index in [0.717, 1.165) is 12.2 Å². The molecule has 0 heterocycles. The minimum absolute atomic E-state index is 0.877. The van der Waals surface area contributed by atoms with Gasteiger partial charge >= 0.3 is 0 Å². The van der Waals surface area contributed by atoms with Gasteiger partial charge < -0.3 is 5.32 Å². The molecular weight excluding hydrogens is 170 g/mol. The van der Waals surface area contributed by atoms with E-state index in [0.29, 0.717) is 0 Å². The summed E-state index contributed by atoms with van der Waals surface area (Å²) in [7, 11) is 0. The van der Waals surface area contributed by atoms with Gasteiger partial charge in [-0.15, -0.1) is 0 Å². The Hall–Kier alpha value is -1.24. The third kappa shape index (κ3) is 3.65. The Morgan fingerprint density at radius 3 is 2.29 bits per heavy atom. The van der Waals surface area contributed by atoms with Crippen molar-refractivity contribution >= 4 is 0 Å². The van der Waals surface area contributed by atoms with Crippen LogP contribution < -0.4 is 5.32 Å². The number of allylic oxidation sites excluding steroid dienone is 1. The molecule has 1 nitrogen and oxygen atoms in total. The van der Waals surface area contributed by atoms with Gasteiger partial charge in [-0.2, -0.15) is 0 Å². The lowest BCUT2D eigenvalue weighted by molar-refractivity contribution is 0.814. The summed E-state index contributed by atoms with van der Waals surface area (Å²) in [6.45, 7) is 8.87. The predicted molar refractivity (Wildman–Crippen MR) is 62.1 cm³/mol. The highest BCUT2D eigenvalue weighted by molar-refractivity contribution is 5.22. The molecule has 76 valence electrons. The van der Waals surface area contributed by atoms with Crippen LogP contribution in [0.25, 0.3) is 0 Å². The number of aryl methyl sites for hydroxylation is 1. The molecular formula is C13H19N. The SMILES string of the molecule is C=C(C)NCc1ccc(CCC)cc1. The van der Waals surface area contributed by atoms with Gasteiger partial charge in [0.1, 0.15) is 0 Å². The molecule has 0 aliphatic rings. The van der Waals surface area contributed by atoms with Crippen molar-refractivity contribution in [3.63, 3.8) is 0 Å². The van der Waals surface area contributed by atoms with Crippen LogP contribution in [0.2, 0.25) is 0 Å². The van der Waals surface area contributed by atoms with Crippen molar-refractivity contribution in [3.05, 3.63) is 47.7 Å². The Balaban J connectivity index is 2.50. The molecule has 0 amide bonds. The van der Waals surface area contributed by atoms with Gasteiger partial charge in [-0.25, -0.2) is 0 Å². The van der Waals surface area contributed by atoms with E-state index < -0.39 is 0 Å². The van der Waals surface area contributed by atoms with Crippen LogP contribution in [0, 0.1) is 0 Å². The topological polar surface area (TPSA) is 12.0 Å². The zero-order valence-electron chi connectivity index (χ0n) is 9.14. The highest BCUT2D eigenvalue weighted by atomic mass is 14.9. The summed E-state index contributed by atoms with van der Waals surface area (Å²) in [4.78, 5) is 0. The van der Waals surface area contributed by atoms with E-state index in [-0.39, 0.29) is 0 Å². The summed E-state index contributed by atoms with van der Waals surface area (Å²) in [5, 5.41) is 3.22. The molecule has 0 saturated carbocycles. The monoisotopic (exact) mass is 189 g/mol. The van der Waals surface area contributed by atoms with Crippen LogP contribution in [0.3, 0.4) is 0 Å². The largest absolute Gasteiger partial charge is 0.385 e. The maximum Gasteiger partial charge on any atom is 0.0397 e. The summed E-state index contributed by atoms with van der Waals surface area (Å²) in [6.07, 6.45) is 2.39. The van der Waals surface area contributed by atoms with E-state index in [4.69, 9.17) is 0 Å². The molecule has 1 N–H and O–H groups in total. The molecule has 0 aliphatic carbocycles. The summed E-state index contributed by atoms with van der Waals surface area (Å²) >= 11 is 0. The maximum atomic E-state index is 3.81. The number of nitrogens with one attached hydrogen (secondary N) is 1. The fourth-order valence-electron chi connectivity index (χ4n) is 1.37. The van der Waals surface area contributed by atoms with Crippen molar-refractivity contribution in [2.24, 2.45) is 0 Å². The Labute approximate surface area is 86.8 Å². The van der Waals surface area contributed by atoms with E-state index >= 15 is 0 Å². The summed E-state index contributed by atoms with van der Waals surface area (Å²) in [5.74, 6) is 0. The molecule has 1 rings (SSSR count). The second kappa shape index (κ2) is 5.48. The van der Waals surface area contributed by atoms with Crippen LogP contribution in [0.1, 0.15) is 31.4 Å². The number of benzene rings is 1. The quantitative estimate of drug-likeness (QED) is 0.749. The maximum absolute atomic E-state index is 3.81. The molecule has 1 aromatic rings. The molecule has 14 heavy (non-hydrogen) atoms. The second-order valence-corrected chi connectivity index (χ2v) is 3.70. The van der Waals surface area contributed by atoms with Crippen LogP contribution in [-0.4, -0.2) is 0 Å². The summed E-state index contributed by atoms with van der Waals surface area (Å²) < 4.78 is 0. The first-order valence-corrected chi connectivity index (χ1v) is 5.19. The van der Waals surface area contributed by atoms with Gasteiger partial charge in [0.15, 0.2) is 0 Å². The lowest BCUT2D eigenvalue weighted by atomic mass is 10.1. The van der Waals surface area contributed by atoms with Crippen molar-refractivity contribution in [1.29, 1.82) is 0 Å². The van der Waals surface area contributed by atoms with Crippen LogP contribution in [0.4, 0.5) is 0 Å². The first kappa shape index (κ1) is 10.8. The van der Waals surface area contributed by atoms with E-state index in [2.05, 4.69) is 43.1 Å². The summed E-state index contributed by atoms with van der Waals surface area (Å²) in [6, 6.07) is 8.78. The third-order valence-corrected chi connectivity index (χ3v) is 2.16. The predicted octanol–water partition coefficient (Wildman–Crippen LogP) is 3.26. The zero-order valence-corrected chi connectivity index (χ0v) is 9.14. The van der Waals surface area contributed by atoms with E-state index in [9.17, 15) is 0 Å². The molecule has 0 fully saturated rings. The van der Waals surface area contributed by atoms with Gasteiger partial charge in [0.25, 0.3) is 0 Å². The lowest BCUT2D eigenvalue weighted by Gasteiger charge is -2.06.